The van der Waals surface area contributed by atoms with Gasteiger partial charge in [0.15, 0.2) is 0 Å². The highest BCUT2D eigenvalue weighted by molar-refractivity contribution is 5.91. The van der Waals surface area contributed by atoms with Crippen molar-refractivity contribution in [2.75, 3.05) is 19.7 Å². The van der Waals surface area contributed by atoms with E-state index in [1.54, 1.807) is 6.92 Å². The van der Waals surface area contributed by atoms with E-state index in [-0.39, 0.29) is 25.7 Å². The van der Waals surface area contributed by atoms with Gasteiger partial charge in [0.2, 0.25) is 0 Å². The highest BCUT2D eigenvalue weighted by Crippen LogP contribution is 2.17. The molecule has 0 unspecified atom stereocenters. The quantitative estimate of drug-likeness (QED) is 0.798. The minimum absolute atomic E-state index is 0.168. The van der Waals surface area contributed by atoms with Crippen molar-refractivity contribution in [2.24, 2.45) is 5.73 Å². The van der Waals surface area contributed by atoms with E-state index in [4.69, 9.17) is 10.5 Å². The van der Waals surface area contributed by atoms with E-state index in [1.807, 2.05) is 0 Å². The molecule has 104 valence electrons. The number of hydrogen-bond acceptors (Lipinski definition) is 4. The highest BCUT2D eigenvalue weighted by Gasteiger charge is 2.24. The Morgan fingerprint density at radius 3 is 2.56 bits per heavy atom. The smallest absolute Gasteiger partial charge is 0.418 e. The van der Waals surface area contributed by atoms with E-state index < -0.39 is 12.1 Å². The van der Waals surface area contributed by atoms with Crippen LogP contribution in [0.5, 0.6) is 0 Å². The Labute approximate surface area is 108 Å². The molecule has 1 fully saturated rings. The Balaban J connectivity index is 2.49. The molecule has 1 saturated carbocycles. The maximum absolute atomic E-state index is 12.0. The van der Waals surface area contributed by atoms with Gasteiger partial charge in [-0.05, 0) is 19.8 Å². The molecule has 1 rings (SSSR count). The minimum Gasteiger partial charge on any atom is -0.449 e. The van der Waals surface area contributed by atoms with Crippen LogP contribution < -0.4 is 11.1 Å². The maximum atomic E-state index is 12.0. The molecule has 0 aliphatic heterocycles. The number of imide groups is 1. The van der Waals surface area contributed by atoms with Gasteiger partial charge in [0, 0.05) is 19.1 Å². The zero-order chi connectivity index (χ0) is 13.4. The Morgan fingerprint density at radius 1 is 1.33 bits per heavy atom. The number of carbonyl (C=O) groups is 2. The summed E-state index contributed by atoms with van der Waals surface area (Å²) in [4.78, 5) is 24.6. The van der Waals surface area contributed by atoms with Crippen LogP contribution in [0.4, 0.5) is 9.59 Å². The normalized spacial score (nSPS) is 16.1. The van der Waals surface area contributed by atoms with Crippen LogP contribution in [0.15, 0.2) is 0 Å². The number of nitrogens with two attached hydrogens (primary N) is 1. The summed E-state index contributed by atoms with van der Waals surface area (Å²) in [6.07, 6.45) is 4.80. The fraction of sp³-hybridized carbons (Fsp3) is 0.833. The number of hydrogen-bond donors (Lipinski definition) is 2. The van der Waals surface area contributed by atoms with Gasteiger partial charge >= 0.3 is 12.1 Å². The zero-order valence-corrected chi connectivity index (χ0v) is 11.0. The SMILES string of the molecule is CCOC(=O)N(CCN)C(=O)NC1CCCCC1. The summed E-state index contributed by atoms with van der Waals surface area (Å²) in [6.45, 7) is 2.36. The largest absolute Gasteiger partial charge is 0.449 e. The summed E-state index contributed by atoms with van der Waals surface area (Å²) >= 11 is 0. The molecule has 3 N–H and O–H groups in total. The van der Waals surface area contributed by atoms with Gasteiger partial charge in [0.1, 0.15) is 0 Å². The van der Waals surface area contributed by atoms with Crippen molar-refractivity contribution in [3.05, 3.63) is 0 Å². The summed E-state index contributed by atoms with van der Waals surface area (Å²) in [5, 5.41) is 2.87. The third kappa shape index (κ3) is 4.52. The number of amides is 3. The third-order valence-electron chi connectivity index (χ3n) is 3.02. The van der Waals surface area contributed by atoms with Gasteiger partial charge < -0.3 is 15.8 Å². The van der Waals surface area contributed by atoms with Crippen LogP contribution in [-0.2, 0) is 4.74 Å². The van der Waals surface area contributed by atoms with Gasteiger partial charge in [0.25, 0.3) is 0 Å². The zero-order valence-electron chi connectivity index (χ0n) is 11.0. The van der Waals surface area contributed by atoms with Crippen molar-refractivity contribution in [1.29, 1.82) is 0 Å². The Kier molecular flexibility index (Phi) is 6.49. The lowest BCUT2D eigenvalue weighted by atomic mass is 9.96. The molecule has 6 nitrogen and oxygen atoms in total. The van der Waals surface area contributed by atoms with E-state index in [1.165, 1.54) is 6.42 Å². The second-order valence-electron chi connectivity index (χ2n) is 4.42. The molecule has 1 aliphatic rings. The number of carbonyl (C=O) groups excluding carboxylic acids is 2. The lowest BCUT2D eigenvalue weighted by Gasteiger charge is -2.26. The average molecular weight is 257 g/mol. The van der Waals surface area contributed by atoms with Gasteiger partial charge in [-0.1, -0.05) is 19.3 Å². The van der Waals surface area contributed by atoms with Crippen molar-refractivity contribution in [3.8, 4) is 0 Å². The van der Waals surface area contributed by atoms with Crippen molar-refractivity contribution in [1.82, 2.24) is 10.2 Å². The maximum Gasteiger partial charge on any atom is 0.418 e. The molecule has 1 aliphatic carbocycles. The van der Waals surface area contributed by atoms with Crippen molar-refractivity contribution in [2.45, 2.75) is 45.1 Å². The van der Waals surface area contributed by atoms with Crippen molar-refractivity contribution in [3.63, 3.8) is 0 Å². The Hall–Kier alpha value is -1.30. The fourth-order valence-electron chi connectivity index (χ4n) is 2.11. The first-order valence-electron chi connectivity index (χ1n) is 6.64. The number of urea groups is 1. The number of ether oxygens (including phenoxy) is 1. The number of nitrogens with one attached hydrogen (secondary N) is 1. The molecule has 0 saturated heterocycles. The molecule has 0 aromatic heterocycles. The predicted molar refractivity (Wildman–Crippen MR) is 68.2 cm³/mol. The molecule has 0 bridgehead atoms. The van der Waals surface area contributed by atoms with E-state index in [0.29, 0.717) is 0 Å². The predicted octanol–water partition coefficient (Wildman–Crippen LogP) is 1.45. The molecule has 0 aromatic carbocycles. The van der Waals surface area contributed by atoms with Crippen LogP contribution in [0.2, 0.25) is 0 Å². The molecule has 0 aromatic rings. The lowest BCUT2D eigenvalue weighted by Crippen LogP contribution is -2.49. The Bertz CT molecular complexity index is 278. The molecule has 0 radical (unpaired) electrons. The lowest BCUT2D eigenvalue weighted by molar-refractivity contribution is 0.113. The van der Waals surface area contributed by atoms with E-state index in [2.05, 4.69) is 5.32 Å². The highest BCUT2D eigenvalue weighted by atomic mass is 16.6. The molecular weight excluding hydrogens is 234 g/mol. The molecule has 0 heterocycles. The molecule has 6 heteroatoms. The summed E-state index contributed by atoms with van der Waals surface area (Å²) in [6, 6.07) is -0.230. The molecule has 3 amide bonds. The minimum atomic E-state index is -0.628. The second-order valence-corrected chi connectivity index (χ2v) is 4.42. The van der Waals surface area contributed by atoms with Gasteiger partial charge in [-0.15, -0.1) is 0 Å². The van der Waals surface area contributed by atoms with E-state index in [9.17, 15) is 9.59 Å². The van der Waals surface area contributed by atoms with Gasteiger partial charge in [0.05, 0.1) is 6.61 Å². The third-order valence-corrected chi connectivity index (χ3v) is 3.02. The van der Waals surface area contributed by atoms with Crippen LogP contribution in [0.1, 0.15) is 39.0 Å². The molecule has 0 spiro atoms. The van der Waals surface area contributed by atoms with Crippen LogP contribution in [0, 0.1) is 0 Å². The van der Waals surface area contributed by atoms with Crippen LogP contribution in [0.3, 0.4) is 0 Å². The monoisotopic (exact) mass is 257 g/mol. The van der Waals surface area contributed by atoms with Crippen molar-refractivity contribution >= 4 is 12.1 Å². The summed E-state index contributed by atoms with van der Waals surface area (Å²) in [7, 11) is 0. The van der Waals surface area contributed by atoms with E-state index >= 15 is 0 Å². The number of rotatable bonds is 4. The van der Waals surface area contributed by atoms with Crippen LogP contribution in [0.25, 0.3) is 0 Å². The topological polar surface area (TPSA) is 84.7 Å². The molecule has 0 atom stereocenters. The van der Waals surface area contributed by atoms with Gasteiger partial charge in [-0.3, -0.25) is 0 Å². The molecule has 18 heavy (non-hydrogen) atoms. The average Bonchev–Trinajstić information content (AvgIpc) is 2.37. The van der Waals surface area contributed by atoms with Crippen LogP contribution in [-0.4, -0.2) is 42.8 Å². The van der Waals surface area contributed by atoms with Gasteiger partial charge in [-0.25, -0.2) is 14.5 Å². The van der Waals surface area contributed by atoms with Gasteiger partial charge in [-0.2, -0.15) is 0 Å². The second kappa shape index (κ2) is 7.92. The van der Waals surface area contributed by atoms with E-state index in [0.717, 1.165) is 30.6 Å². The number of nitrogens with zero attached hydrogens (tertiary/aromatic N) is 1. The first kappa shape index (κ1) is 14.8. The Morgan fingerprint density at radius 2 is 2.00 bits per heavy atom. The fourth-order valence-corrected chi connectivity index (χ4v) is 2.11. The summed E-state index contributed by atoms with van der Waals surface area (Å²) < 4.78 is 4.84. The summed E-state index contributed by atoms with van der Waals surface area (Å²) in [5.74, 6) is 0. The van der Waals surface area contributed by atoms with Crippen molar-refractivity contribution < 1.29 is 14.3 Å². The van der Waals surface area contributed by atoms with Crippen LogP contribution >= 0.6 is 0 Å². The first-order valence-corrected chi connectivity index (χ1v) is 6.64. The standard InChI is InChI=1S/C12H23N3O3/c1-2-18-12(17)15(9-8-13)11(16)14-10-6-4-3-5-7-10/h10H,2-9,13H2,1H3,(H,14,16). The molecular formula is C12H23N3O3. The first-order chi connectivity index (χ1) is 8.69. The summed E-state index contributed by atoms with van der Waals surface area (Å²) in [5.41, 5.74) is 5.40.